The van der Waals surface area contributed by atoms with E-state index in [9.17, 15) is 0 Å². The van der Waals surface area contributed by atoms with Crippen molar-refractivity contribution in [2.75, 3.05) is 4.90 Å². The van der Waals surface area contributed by atoms with Crippen LogP contribution in [0.4, 0.5) is 17.1 Å². The summed E-state index contributed by atoms with van der Waals surface area (Å²) in [4.78, 5) is 2.34. The standard InChI is InChI=1S/C50H32N2O/c1-4-17-34(18-5-1)51(35-19-6-2-7-20-35)37-28-29-41-44(31-37)52(36-21-8-3-9-22-36)45-32-47-49(42-26-14-15-27-46(42)53-47)50(48(41)45)43-30-33-16-10-11-23-38(33)39-24-12-13-25-40(39)43/h1-32H. The fraction of sp³-hybridized carbons (Fsp3) is 0. The number of fused-ring (bicyclic) bond motifs is 9. The molecule has 11 aromatic rings. The lowest BCUT2D eigenvalue weighted by molar-refractivity contribution is 0.669. The number of furan rings is 1. The zero-order valence-corrected chi connectivity index (χ0v) is 28.8. The summed E-state index contributed by atoms with van der Waals surface area (Å²) in [5.41, 5.74) is 10.8. The van der Waals surface area contributed by atoms with E-state index in [-0.39, 0.29) is 0 Å². The number of rotatable bonds is 5. The average molecular weight is 677 g/mol. The molecule has 0 saturated carbocycles. The Labute approximate surface area is 306 Å². The molecule has 248 valence electrons. The first kappa shape index (κ1) is 29.6. The summed E-state index contributed by atoms with van der Waals surface area (Å²) in [6, 6.07) is 69.6. The molecule has 0 amide bonds. The summed E-state index contributed by atoms with van der Waals surface area (Å²) in [6.45, 7) is 0. The van der Waals surface area contributed by atoms with Crippen molar-refractivity contribution in [2.24, 2.45) is 0 Å². The van der Waals surface area contributed by atoms with Crippen LogP contribution in [-0.4, -0.2) is 4.57 Å². The second kappa shape index (κ2) is 11.7. The fourth-order valence-corrected chi connectivity index (χ4v) is 8.49. The van der Waals surface area contributed by atoms with Gasteiger partial charge in [0.25, 0.3) is 0 Å². The highest BCUT2D eigenvalue weighted by molar-refractivity contribution is 6.30. The van der Waals surface area contributed by atoms with E-state index in [1.54, 1.807) is 0 Å². The van der Waals surface area contributed by atoms with Gasteiger partial charge in [-0.2, -0.15) is 0 Å². The van der Waals surface area contributed by atoms with Crippen molar-refractivity contribution < 1.29 is 4.42 Å². The minimum absolute atomic E-state index is 0.876. The smallest absolute Gasteiger partial charge is 0.138 e. The molecule has 0 aliphatic heterocycles. The van der Waals surface area contributed by atoms with Crippen molar-refractivity contribution in [3.8, 4) is 16.8 Å². The Morgan fingerprint density at radius 2 is 0.981 bits per heavy atom. The molecule has 3 heteroatoms. The molecule has 0 unspecified atom stereocenters. The summed E-state index contributed by atoms with van der Waals surface area (Å²) >= 11 is 0. The molecule has 0 atom stereocenters. The maximum atomic E-state index is 6.77. The van der Waals surface area contributed by atoms with Gasteiger partial charge in [-0.05, 0) is 87.8 Å². The van der Waals surface area contributed by atoms with Crippen molar-refractivity contribution in [2.45, 2.75) is 0 Å². The van der Waals surface area contributed by atoms with Crippen LogP contribution in [0.25, 0.3) is 82.1 Å². The van der Waals surface area contributed by atoms with Gasteiger partial charge in [0.1, 0.15) is 11.2 Å². The van der Waals surface area contributed by atoms with Gasteiger partial charge >= 0.3 is 0 Å². The van der Waals surface area contributed by atoms with Crippen LogP contribution in [0.2, 0.25) is 0 Å². The lowest BCUT2D eigenvalue weighted by atomic mass is 9.88. The molecule has 2 heterocycles. The van der Waals surface area contributed by atoms with E-state index in [0.717, 1.165) is 55.7 Å². The molecule has 11 rings (SSSR count). The summed E-state index contributed by atoms with van der Waals surface area (Å²) in [6.07, 6.45) is 0. The minimum atomic E-state index is 0.876. The number of hydrogen-bond donors (Lipinski definition) is 0. The van der Waals surface area contributed by atoms with Crippen LogP contribution in [0, 0.1) is 0 Å². The number of benzene rings is 9. The fourth-order valence-electron chi connectivity index (χ4n) is 8.49. The van der Waals surface area contributed by atoms with Gasteiger partial charge < -0.3 is 13.9 Å². The molecule has 53 heavy (non-hydrogen) atoms. The van der Waals surface area contributed by atoms with E-state index in [1.807, 2.05) is 0 Å². The third kappa shape index (κ3) is 4.54. The maximum absolute atomic E-state index is 6.77. The van der Waals surface area contributed by atoms with Gasteiger partial charge in [0.05, 0.1) is 11.0 Å². The third-order valence-corrected chi connectivity index (χ3v) is 10.7. The Hall–Kier alpha value is -7.10. The van der Waals surface area contributed by atoms with E-state index in [1.165, 1.54) is 43.4 Å². The van der Waals surface area contributed by atoms with E-state index < -0.39 is 0 Å². The number of anilines is 3. The van der Waals surface area contributed by atoms with Gasteiger partial charge in [-0.1, -0.05) is 127 Å². The van der Waals surface area contributed by atoms with Crippen LogP contribution < -0.4 is 4.90 Å². The molecule has 0 fully saturated rings. The van der Waals surface area contributed by atoms with Gasteiger partial charge in [-0.15, -0.1) is 0 Å². The predicted octanol–water partition coefficient (Wildman–Crippen LogP) is 14.1. The SMILES string of the molecule is c1ccc(N(c2ccccc2)c2ccc3c4c(-c5cc6ccccc6c6ccccc56)c5c(cc4n(-c4ccccc4)c3c2)oc2ccccc25)cc1. The molecule has 2 aromatic heterocycles. The summed E-state index contributed by atoms with van der Waals surface area (Å²) < 4.78 is 9.18. The van der Waals surface area contributed by atoms with E-state index in [2.05, 4.69) is 204 Å². The van der Waals surface area contributed by atoms with Crippen LogP contribution in [0.5, 0.6) is 0 Å². The van der Waals surface area contributed by atoms with Crippen molar-refractivity contribution in [3.63, 3.8) is 0 Å². The Bertz CT molecular complexity index is 3120. The summed E-state index contributed by atoms with van der Waals surface area (Å²) in [7, 11) is 0. The van der Waals surface area contributed by atoms with E-state index >= 15 is 0 Å². The van der Waals surface area contributed by atoms with Gasteiger partial charge in [0.15, 0.2) is 0 Å². The average Bonchev–Trinajstić information content (AvgIpc) is 3.76. The first-order chi connectivity index (χ1) is 26.3. The summed E-state index contributed by atoms with van der Waals surface area (Å²) in [5.74, 6) is 0. The normalized spacial score (nSPS) is 11.8. The van der Waals surface area contributed by atoms with Crippen LogP contribution >= 0.6 is 0 Å². The van der Waals surface area contributed by atoms with Crippen molar-refractivity contribution >= 4 is 82.4 Å². The Morgan fingerprint density at radius 1 is 0.377 bits per heavy atom. The predicted molar refractivity (Wildman–Crippen MR) is 223 cm³/mol. The molecular formula is C50H32N2O. The highest BCUT2D eigenvalue weighted by atomic mass is 16.3. The first-order valence-electron chi connectivity index (χ1n) is 18.1. The zero-order chi connectivity index (χ0) is 34.9. The molecule has 0 aliphatic rings. The lowest BCUT2D eigenvalue weighted by Crippen LogP contribution is -2.09. The molecule has 0 N–H and O–H groups in total. The molecule has 0 radical (unpaired) electrons. The van der Waals surface area contributed by atoms with E-state index in [0.29, 0.717) is 0 Å². The molecule has 3 nitrogen and oxygen atoms in total. The number of aromatic nitrogens is 1. The lowest BCUT2D eigenvalue weighted by Gasteiger charge is -2.25. The molecule has 0 bridgehead atoms. The Kier molecular flexibility index (Phi) is 6.55. The van der Waals surface area contributed by atoms with E-state index in [4.69, 9.17) is 4.42 Å². The number of hydrogen-bond acceptors (Lipinski definition) is 2. The van der Waals surface area contributed by atoms with Crippen LogP contribution in [0.15, 0.2) is 199 Å². The number of para-hydroxylation sites is 4. The second-order valence-corrected chi connectivity index (χ2v) is 13.7. The number of nitrogens with zero attached hydrogens (tertiary/aromatic N) is 2. The van der Waals surface area contributed by atoms with Crippen LogP contribution in [-0.2, 0) is 0 Å². The van der Waals surface area contributed by atoms with Crippen molar-refractivity contribution in [3.05, 3.63) is 194 Å². The quantitative estimate of drug-likeness (QED) is 0.169. The highest BCUT2D eigenvalue weighted by Crippen LogP contribution is 2.49. The minimum Gasteiger partial charge on any atom is -0.456 e. The third-order valence-electron chi connectivity index (χ3n) is 10.7. The Balaban J connectivity index is 1.33. The van der Waals surface area contributed by atoms with Crippen LogP contribution in [0.3, 0.4) is 0 Å². The topological polar surface area (TPSA) is 21.3 Å². The van der Waals surface area contributed by atoms with Crippen molar-refractivity contribution in [1.82, 2.24) is 4.57 Å². The molecular weight excluding hydrogens is 645 g/mol. The monoisotopic (exact) mass is 676 g/mol. The second-order valence-electron chi connectivity index (χ2n) is 13.7. The summed E-state index contributed by atoms with van der Waals surface area (Å²) in [5, 5.41) is 9.60. The molecule has 0 aliphatic carbocycles. The van der Waals surface area contributed by atoms with Gasteiger partial charge in [0, 0.05) is 55.9 Å². The van der Waals surface area contributed by atoms with Crippen LogP contribution in [0.1, 0.15) is 0 Å². The molecule has 0 saturated heterocycles. The van der Waals surface area contributed by atoms with Gasteiger partial charge in [-0.3, -0.25) is 0 Å². The largest absolute Gasteiger partial charge is 0.456 e. The van der Waals surface area contributed by atoms with Gasteiger partial charge in [-0.25, -0.2) is 0 Å². The Morgan fingerprint density at radius 3 is 1.72 bits per heavy atom. The first-order valence-corrected chi connectivity index (χ1v) is 18.1. The highest BCUT2D eigenvalue weighted by Gasteiger charge is 2.25. The molecule has 0 spiro atoms. The zero-order valence-electron chi connectivity index (χ0n) is 28.8. The van der Waals surface area contributed by atoms with Crippen molar-refractivity contribution in [1.29, 1.82) is 0 Å². The van der Waals surface area contributed by atoms with Gasteiger partial charge in [0.2, 0.25) is 0 Å². The molecule has 9 aromatic carbocycles. The maximum Gasteiger partial charge on any atom is 0.138 e.